The lowest BCUT2D eigenvalue weighted by atomic mass is 10.3. The molecule has 1 N–H and O–H groups in total. The number of nitrogens with one attached hydrogen (secondary N) is 1. The Morgan fingerprint density at radius 2 is 1.76 bits per heavy atom. The number of halogens is 2. The van der Waals surface area contributed by atoms with Crippen LogP contribution in [-0.4, -0.2) is 57.3 Å². The summed E-state index contributed by atoms with van der Waals surface area (Å²) in [7, 11) is 0. The van der Waals surface area contributed by atoms with Gasteiger partial charge in [0.15, 0.2) is 0 Å². The van der Waals surface area contributed by atoms with Crippen molar-refractivity contribution in [3.63, 3.8) is 0 Å². The molecule has 0 aromatic carbocycles. The number of rotatable bonds is 12. The summed E-state index contributed by atoms with van der Waals surface area (Å²) >= 11 is 0. The van der Waals surface area contributed by atoms with Crippen molar-refractivity contribution >= 4 is 0 Å². The van der Waals surface area contributed by atoms with Crippen LogP contribution in [0.2, 0.25) is 0 Å². The smallest absolute Gasteiger partial charge is 0.261 e. The number of hydrogen-bond acceptors (Lipinski definition) is 3. The Bertz CT molecular complexity index is 155. The van der Waals surface area contributed by atoms with Gasteiger partial charge < -0.3 is 15.0 Å². The van der Waals surface area contributed by atoms with Crippen molar-refractivity contribution in [3.05, 3.63) is 0 Å². The highest BCUT2D eigenvalue weighted by Crippen LogP contribution is 1.93. The molecular weight excluding hydrogens is 226 g/mol. The van der Waals surface area contributed by atoms with Gasteiger partial charge in [-0.25, -0.2) is 8.78 Å². The molecule has 104 valence electrons. The maximum absolute atomic E-state index is 11.7. The zero-order valence-electron chi connectivity index (χ0n) is 11.1. The van der Waals surface area contributed by atoms with E-state index in [1.165, 1.54) is 0 Å². The lowest BCUT2D eigenvalue weighted by molar-refractivity contribution is 0.0168. The highest BCUT2D eigenvalue weighted by Gasteiger charge is 2.01. The fraction of sp³-hybridized carbons (Fsp3) is 1.00. The minimum Gasteiger partial charge on any atom is -0.375 e. The van der Waals surface area contributed by atoms with Crippen LogP contribution >= 0.6 is 0 Å². The highest BCUT2D eigenvalue weighted by molar-refractivity contribution is 4.55. The number of ether oxygens (including phenoxy) is 1. The first kappa shape index (κ1) is 16.7. The average Bonchev–Trinajstić information content (AvgIpc) is 2.31. The van der Waals surface area contributed by atoms with E-state index in [1.54, 1.807) is 0 Å². The first-order valence-corrected chi connectivity index (χ1v) is 6.49. The van der Waals surface area contributed by atoms with E-state index in [0.717, 1.165) is 45.6 Å². The summed E-state index contributed by atoms with van der Waals surface area (Å²) in [5.74, 6) is 0. The fourth-order valence-corrected chi connectivity index (χ4v) is 1.56. The van der Waals surface area contributed by atoms with E-state index in [1.807, 2.05) is 0 Å². The molecule has 0 atom stereocenters. The molecule has 5 heteroatoms. The van der Waals surface area contributed by atoms with Gasteiger partial charge in [0.25, 0.3) is 6.43 Å². The van der Waals surface area contributed by atoms with E-state index in [0.29, 0.717) is 6.61 Å². The Kier molecular flexibility index (Phi) is 12.0. The third-order valence-corrected chi connectivity index (χ3v) is 2.61. The summed E-state index contributed by atoms with van der Waals surface area (Å²) in [4.78, 5) is 2.38. The topological polar surface area (TPSA) is 24.5 Å². The Morgan fingerprint density at radius 1 is 1.12 bits per heavy atom. The van der Waals surface area contributed by atoms with Crippen molar-refractivity contribution in [2.75, 3.05) is 45.9 Å². The maximum atomic E-state index is 11.7. The van der Waals surface area contributed by atoms with Gasteiger partial charge in [-0.15, -0.1) is 0 Å². The molecule has 0 spiro atoms. The summed E-state index contributed by atoms with van der Waals surface area (Å²) in [6, 6.07) is 0. The van der Waals surface area contributed by atoms with Crippen molar-refractivity contribution in [1.29, 1.82) is 0 Å². The molecule has 0 aliphatic heterocycles. The van der Waals surface area contributed by atoms with Gasteiger partial charge >= 0.3 is 0 Å². The molecule has 0 aliphatic carbocycles. The van der Waals surface area contributed by atoms with Crippen LogP contribution in [0.4, 0.5) is 8.78 Å². The number of nitrogens with zero attached hydrogens (tertiary/aromatic N) is 1. The molecule has 0 aromatic heterocycles. The predicted octanol–water partition coefficient (Wildman–Crippen LogP) is 1.98. The molecule has 0 unspecified atom stereocenters. The number of hydrogen-bond donors (Lipinski definition) is 1. The molecule has 0 radical (unpaired) electrons. The van der Waals surface area contributed by atoms with Crippen LogP contribution in [0.5, 0.6) is 0 Å². The van der Waals surface area contributed by atoms with E-state index in [4.69, 9.17) is 4.74 Å². The van der Waals surface area contributed by atoms with Gasteiger partial charge in [0.2, 0.25) is 0 Å². The first-order valence-electron chi connectivity index (χ1n) is 6.49. The van der Waals surface area contributed by atoms with Crippen LogP contribution in [-0.2, 0) is 4.74 Å². The minimum absolute atomic E-state index is 0.410. The molecule has 0 bridgehead atoms. The Morgan fingerprint density at radius 3 is 2.35 bits per heavy atom. The third kappa shape index (κ3) is 12.0. The SMILES string of the molecule is CCN(CC)CCCNCCCOCC(F)F. The summed E-state index contributed by atoms with van der Waals surface area (Å²) in [5.41, 5.74) is 0. The van der Waals surface area contributed by atoms with E-state index >= 15 is 0 Å². The quantitative estimate of drug-likeness (QED) is 0.538. The molecule has 0 saturated heterocycles. The van der Waals surface area contributed by atoms with Gasteiger partial charge in [-0.2, -0.15) is 0 Å². The monoisotopic (exact) mass is 252 g/mol. The lowest BCUT2D eigenvalue weighted by Crippen LogP contribution is -2.27. The Balaban J connectivity index is 3.08. The molecule has 0 amide bonds. The highest BCUT2D eigenvalue weighted by atomic mass is 19.3. The van der Waals surface area contributed by atoms with Crippen molar-refractivity contribution < 1.29 is 13.5 Å². The molecule has 0 fully saturated rings. The predicted molar refractivity (Wildman–Crippen MR) is 66.7 cm³/mol. The van der Waals surface area contributed by atoms with E-state index < -0.39 is 13.0 Å². The summed E-state index contributed by atoms with van der Waals surface area (Å²) in [6.07, 6.45) is -0.436. The number of alkyl halides is 2. The van der Waals surface area contributed by atoms with Crippen LogP contribution in [0.15, 0.2) is 0 Å². The van der Waals surface area contributed by atoms with E-state index in [2.05, 4.69) is 24.1 Å². The second-order valence-corrected chi connectivity index (χ2v) is 3.95. The molecule has 0 aliphatic rings. The molecule has 0 saturated carbocycles. The van der Waals surface area contributed by atoms with Gasteiger partial charge in [0.05, 0.1) is 0 Å². The third-order valence-electron chi connectivity index (χ3n) is 2.61. The minimum atomic E-state index is -2.35. The molecule has 17 heavy (non-hydrogen) atoms. The Hall–Kier alpha value is -0.260. The van der Waals surface area contributed by atoms with Crippen LogP contribution in [0, 0.1) is 0 Å². The largest absolute Gasteiger partial charge is 0.375 e. The van der Waals surface area contributed by atoms with Crippen LogP contribution < -0.4 is 5.32 Å². The molecule has 3 nitrogen and oxygen atoms in total. The van der Waals surface area contributed by atoms with Gasteiger partial charge in [-0.05, 0) is 45.6 Å². The van der Waals surface area contributed by atoms with Crippen LogP contribution in [0.25, 0.3) is 0 Å². The van der Waals surface area contributed by atoms with Crippen molar-refractivity contribution in [2.24, 2.45) is 0 Å². The summed E-state index contributed by atoms with van der Waals surface area (Å²) in [5, 5.41) is 3.28. The van der Waals surface area contributed by atoms with Gasteiger partial charge in [0, 0.05) is 6.61 Å². The lowest BCUT2D eigenvalue weighted by Gasteiger charge is -2.17. The van der Waals surface area contributed by atoms with Gasteiger partial charge in [-0.3, -0.25) is 0 Å². The van der Waals surface area contributed by atoms with Crippen molar-refractivity contribution in [3.8, 4) is 0 Å². The van der Waals surface area contributed by atoms with Crippen LogP contribution in [0.3, 0.4) is 0 Å². The molecule has 0 rings (SSSR count). The zero-order valence-corrected chi connectivity index (χ0v) is 11.1. The van der Waals surface area contributed by atoms with E-state index in [-0.39, 0.29) is 0 Å². The van der Waals surface area contributed by atoms with Crippen LogP contribution in [0.1, 0.15) is 26.7 Å². The average molecular weight is 252 g/mol. The zero-order chi connectivity index (χ0) is 12.9. The Labute approximate surface area is 104 Å². The standard InChI is InChI=1S/C12H26F2N2O/c1-3-16(4-2)9-5-7-15-8-6-10-17-11-12(13)14/h12,15H,3-11H2,1-2H3. The normalized spacial score (nSPS) is 11.6. The second-order valence-electron chi connectivity index (χ2n) is 3.95. The van der Waals surface area contributed by atoms with Gasteiger partial charge in [0.1, 0.15) is 6.61 Å². The first-order chi connectivity index (χ1) is 8.20. The van der Waals surface area contributed by atoms with Crippen molar-refractivity contribution in [2.45, 2.75) is 33.1 Å². The second kappa shape index (κ2) is 12.2. The van der Waals surface area contributed by atoms with Crippen molar-refractivity contribution in [1.82, 2.24) is 10.2 Å². The maximum Gasteiger partial charge on any atom is 0.261 e. The summed E-state index contributed by atoms with van der Waals surface area (Å²) < 4.78 is 28.2. The fourth-order valence-electron chi connectivity index (χ4n) is 1.56. The van der Waals surface area contributed by atoms with Gasteiger partial charge in [-0.1, -0.05) is 13.8 Å². The summed E-state index contributed by atoms with van der Waals surface area (Å²) in [6.45, 7) is 9.41. The van der Waals surface area contributed by atoms with E-state index in [9.17, 15) is 8.78 Å². The molecule has 0 aromatic rings. The molecular formula is C12H26F2N2O. The molecule has 0 heterocycles.